The van der Waals surface area contributed by atoms with Crippen molar-refractivity contribution in [3.63, 3.8) is 0 Å². The minimum atomic E-state index is -2.18. The summed E-state index contributed by atoms with van der Waals surface area (Å²) in [6.45, 7) is 4.77. The number of aliphatic hydroxyl groups is 3. The van der Waals surface area contributed by atoms with Gasteiger partial charge < -0.3 is 25.0 Å². The van der Waals surface area contributed by atoms with Gasteiger partial charge in [-0.15, -0.1) is 0 Å². The van der Waals surface area contributed by atoms with Crippen LogP contribution in [0, 0.1) is 0 Å². The molecule has 0 aromatic heterocycles. The average Bonchev–Trinajstić information content (AvgIpc) is 3.03. The molecule has 152 valence electrons. The van der Waals surface area contributed by atoms with Crippen LogP contribution in [0.25, 0.3) is 0 Å². The van der Waals surface area contributed by atoms with E-state index in [2.05, 4.69) is 0 Å². The van der Waals surface area contributed by atoms with Crippen LogP contribution in [0.15, 0.2) is 36.4 Å². The molecule has 0 spiro atoms. The van der Waals surface area contributed by atoms with Crippen LogP contribution < -0.4 is 9.64 Å². The number of hydrogen-bond acceptors (Lipinski definition) is 6. The van der Waals surface area contributed by atoms with E-state index in [1.807, 2.05) is 24.8 Å². The predicted octanol–water partition coefficient (Wildman–Crippen LogP) is 2.74. The monoisotopic (exact) mass is 395 g/mol. The van der Waals surface area contributed by atoms with E-state index in [1.54, 1.807) is 30.3 Å². The molecule has 5 rings (SSSR count). The van der Waals surface area contributed by atoms with E-state index in [4.69, 9.17) is 4.74 Å². The highest BCUT2D eigenvalue weighted by Gasteiger charge is 2.70. The number of aliphatic hydroxyl groups excluding tert-OH is 1. The average molecular weight is 395 g/mol. The number of hydrogen-bond donors (Lipinski definition) is 3. The lowest BCUT2D eigenvalue weighted by Crippen LogP contribution is -2.48. The fourth-order valence-corrected chi connectivity index (χ4v) is 4.83. The number of rotatable bonds is 2. The maximum atomic E-state index is 13.3. The summed E-state index contributed by atoms with van der Waals surface area (Å²) in [5, 5.41) is 33.1. The van der Waals surface area contributed by atoms with E-state index in [-0.39, 0.29) is 22.6 Å². The van der Waals surface area contributed by atoms with Crippen LogP contribution in [0.1, 0.15) is 66.1 Å². The Morgan fingerprint density at radius 1 is 1.10 bits per heavy atom. The van der Waals surface area contributed by atoms with Gasteiger partial charge in [-0.05, 0) is 55.0 Å². The van der Waals surface area contributed by atoms with Crippen LogP contribution in [0.5, 0.6) is 5.75 Å². The van der Waals surface area contributed by atoms with E-state index in [1.165, 1.54) is 0 Å². The number of ketones is 1. The zero-order valence-corrected chi connectivity index (χ0v) is 16.6. The molecule has 2 aromatic carbocycles. The van der Waals surface area contributed by atoms with Crippen molar-refractivity contribution in [2.75, 3.05) is 11.4 Å². The maximum absolute atomic E-state index is 13.3. The van der Waals surface area contributed by atoms with Crippen LogP contribution in [-0.4, -0.2) is 33.9 Å². The molecule has 1 saturated heterocycles. The van der Waals surface area contributed by atoms with E-state index in [9.17, 15) is 20.1 Å². The molecule has 29 heavy (non-hydrogen) atoms. The van der Waals surface area contributed by atoms with E-state index >= 15 is 0 Å². The lowest BCUT2D eigenvalue weighted by Gasteiger charge is -2.34. The second kappa shape index (κ2) is 6.05. The second-order valence-electron chi connectivity index (χ2n) is 8.60. The molecule has 2 aromatic rings. The number of fused-ring (bicyclic) bond motifs is 5. The third-order valence-electron chi connectivity index (χ3n) is 6.55. The topological polar surface area (TPSA) is 90.2 Å². The summed E-state index contributed by atoms with van der Waals surface area (Å²) in [5.41, 5.74) is 0.278. The molecule has 2 heterocycles. The standard InChI is InChI=1S/C23H25NO5/c1-13(2)14-6-8-18-19(11-14)29-23(28)17-9-7-15(24-10-4-3-5-20(24)25)12-16(17)21(26)22(18,23)27/h6-9,11-13,20,25,27-28H,3-5,10H2,1-2H3. The molecule has 0 bridgehead atoms. The van der Waals surface area contributed by atoms with E-state index < -0.39 is 23.4 Å². The fourth-order valence-electron chi connectivity index (χ4n) is 4.83. The number of nitrogens with zero attached hydrogens (tertiary/aromatic N) is 1. The number of carbonyl (C=O) groups excluding carboxylic acids is 1. The minimum Gasteiger partial charge on any atom is -0.454 e. The quantitative estimate of drug-likeness (QED) is 0.725. The molecular weight excluding hydrogens is 370 g/mol. The highest BCUT2D eigenvalue weighted by molar-refractivity contribution is 6.10. The van der Waals surface area contributed by atoms with Gasteiger partial charge in [0.25, 0.3) is 5.79 Å². The number of anilines is 1. The summed E-state index contributed by atoms with van der Waals surface area (Å²) in [6.07, 6.45) is 2.00. The predicted molar refractivity (Wildman–Crippen MR) is 107 cm³/mol. The van der Waals surface area contributed by atoms with Gasteiger partial charge in [0.05, 0.1) is 0 Å². The van der Waals surface area contributed by atoms with Gasteiger partial charge in [0.15, 0.2) is 0 Å². The van der Waals surface area contributed by atoms with Gasteiger partial charge in [-0.3, -0.25) is 4.79 Å². The normalized spacial score (nSPS) is 30.2. The summed E-state index contributed by atoms with van der Waals surface area (Å²) in [4.78, 5) is 15.2. The van der Waals surface area contributed by atoms with Gasteiger partial charge in [0.1, 0.15) is 12.0 Å². The van der Waals surface area contributed by atoms with Gasteiger partial charge in [-0.2, -0.15) is 0 Å². The van der Waals surface area contributed by atoms with Crippen LogP contribution in [0.3, 0.4) is 0 Å². The lowest BCUT2D eigenvalue weighted by molar-refractivity contribution is -0.224. The van der Waals surface area contributed by atoms with Crippen molar-refractivity contribution >= 4 is 11.5 Å². The van der Waals surface area contributed by atoms with Crippen molar-refractivity contribution in [2.24, 2.45) is 0 Å². The first kappa shape index (κ1) is 18.6. The Morgan fingerprint density at radius 2 is 1.86 bits per heavy atom. The summed E-state index contributed by atoms with van der Waals surface area (Å²) in [6, 6.07) is 10.3. The van der Waals surface area contributed by atoms with Crippen molar-refractivity contribution in [3.05, 3.63) is 58.7 Å². The molecule has 0 amide bonds. The number of piperidine rings is 1. The molecule has 6 nitrogen and oxygen atoms in total. The molecular formula is C23H25NO5. The highest BCUT2D eigenvalue weighted by Crippen LogP contribution is 2.58. The molecule has 3 atom stereocenters. The first-order chi connectivity index (χ1) is 13.8. The van der Waals surface area contributed by atoms with Gasteiger partial charge in [0, 0.05) is 28.9 Å². The van der Waals surface area contributed by atoms with Crippen molar-refractivity contribution in [1.82, 2.24) is 0 Å². The summed E-state index contributed by atoms with van der Waals surface area (Å²) < 4.78 is 5.84. The van der Waals surface area contributed by atoms with E-state index in [0.717, 1.165) is 18.4 Å². The summed E-state index contributed by atoms with van der Waals surface area (Å²) in [5.74, 6) is -2.17. The Kier molecular flexibility index (Phi) is 3.88. The van der Waals surface area contributed by atoms with Crippen LogP contribution in [-0.2, 0) is 11.4 Å². The third-order valence-corrected chi connectivity index (χ3v) is 6.55. The Bertz CT molecular complexity index is 1020. The van der Waals surface area contributed by atoms with Crippen LogP contribution in [0.2, 0.25) is 0 Å². The fraction of sp³-hybridized carbons (Fsp3) is 0.435. The number of Topliss-reactive ketones (excluding diaryl/α,β-unsaturated/α-hetero) is 1. The van der Waals surface area contributed by atoms with Gasteiger partial charge in [-0.1, -0.05) is 26.0 Å². The Morgan fingerprint density at radius 3 is 2.59 bits per heavy atom. The van der Waals surface area contributed by atoms with Gasteiger partial charge in [0.2, 0.25) is 11.4 Å². The summed E-state index contributed by atoms with van der Waals surface area (Å²) >= 11 is 0. The van der Waals surface area contributed by atoms with Crippen molar-refractivity contribution < 1.29 is 24.9 Å². The third kappa shape index (κ3) is 2.31. The largest absolute Gasteiger partial charge is 0.454 e. The molecule has 2 aliphatic heterocycles. The Labute approximate surface area is 169 Å². The van der Waals surface area contributed by atoms with Crippen molar-refractivity contribution in [3.8, 4) is 5.75 Å². The SMILES string of the molecule is CC(C)c1ccc2c(c1)OC1(O)c3ccc(N4CCCCC4O)cc3C(=O)C21O. The Balaban J connectivity index is 1.60. The lowest BCUT2D eigenvalue weighted by atomic mass is 9.86. The van der Waals surface area contributed by atoms with Crippen LogP contribution in [0.4, 0.5) is 5.69 Å². The second-order valence-corrected chi connectivity index (χ2v) is 8.60. The zero-order chi connectivity index (χ0) is 20.6. The number of benzene rings is 2. The number of ether oxygens (including phenoxy) is 1. The number of carbonyl (C=O) groups is 1. The smallest absolute Gasteiger partial charge is 0.276 e. The zero-order valence-electron chi connectivity index (χ0n) is 16.6. The maximum Gasteiger partial charge on any atom is 0.276 e. The Hall–Kier alpha value is -2.41. The minimum absolute atomic E-state index is 0.226. The van der Waals surface area contributed by atoms with E-state index in [0.29, 0.717) is 24.4 Å². The van der Waals surface area contributed by atoms with Crippen molar-refractivity contribution in [2.45, 2.75) is 56.6 Å². The molecule has 0 saturated carbocycles. The first-order valence-corrected chi connectivity index (χ1v) is 10.2. The molecule has 1 fully saturated rings. The molecule has 3 N–H and O–H groups in total. The molecule has 6 heteroatoms. The molecule has 3 aliphatic rings. The van der Waals surface area contributed by atoms with Crippen molar-refractivity contribution in [1.29, 1.82) is 0 Å². The van der Waals surface area contributed by atoms with Gasteiger partial charge in [-0.25, -0.2) is 0 Å². The molecule has 3 unspecified atom stereocenters. The van der Waals surface area contributed by atoms with Gasteiger partial charge >= 0.3 is 0 Å². The first-order valence-electron chi connectivity index (χ1n) is 10.2. The summed E-state index contributed by atoms with van der Waals surface area (Å²) in [7, 11) is 0. The van der Waals surface area contributed by atoms with Crippen LogP contribution >= 0.6 is 0 Å². The molecule has 1 aliphatic carbocycles. The molecule has 0 radical (unpaired) electrons. The highest BCUT2D eigenvalue weighted by atomic mass is 16.7.